The van der Waals surface area contributed by atoms with Gasteiger partial charge in [-0.3, -0.25) is 0 Å². The summed E-state index contributed by atoms with van der Waals surface area (Å²) in [5.41, 5.74) is 0. The van der Waals surface area contributed by atoms with Crippen molar-refractivity contribution in [1.82, 2.24) is 5.32 Å². The largest absolute Gasteiger partial charge is 0.362 e. The summed E-state index contributed by atoms with van der Waals surface area (Å²) in [6.07, 6.45) is 2.44. The first-order valence-electron chi connectivity index (χ1n) is 4.80. The number of nitrogens with one attached hydrogen (secondary N) is 1. The first-order valence-corrected chi connectivity index (χ1v) is 4.80. The zero-order chi connectivity index (χ0) is 9.90. The number of ether oxygens (including phenoxy) is 1. The van der Waals surface area contributed by atoms with Crippen LogP contribution in [0.4, 0.5) is 0 Å². The molecule has 3 nitrogen and oxygen atoms in total. The van der Waals surface area contributed by atoms with Crippen LogP contribution in [0.1, 0.15) is 20.3 Å². The molecule has 0 unspecified atom stereocenters. The van der Waals surface area contributed by atoms with Gasteiger partial charge in [0.15, 0.2) is 0 Å². The molecule has 2 N–H and O–H groups in total. The van der Waals surface area contributed by atoms with Gasteiger partial charge in [-0.15, -0.1) is 6.58 Å². The van der Waals surface area contributed by atoms with Crippen LogP contribution < -0.4 is 5.32 Å². The molecule has 0 aliphatic carbocycles. The zero-order valence-electron chi connectivity index (χ0n) is 8.42. The molecule has 0 bridgehead atoms. The van der Waals surface area contributed by atoms with E-state index in [-0.39, 0.29) is 6.10 Å². The van der Waals surface area contributed by atoms with Gasteiger partial charge in [0.1, 0.15) is 6.10 Å². The van der Waals surface area contributed by atoms with E-state index in [0.29, 0.717) is 12.5 Å². The molecule has 0 spiro atoms. The lowest BCUT2D eigenvalue weighted by Crippen LogP contribution is -2.33. The van der Waals surface area contributed by atoms with Gasteiger partial charge in [0.05, 0.1) is 6.54 Å². The minimum absolute atomic E-state index is 0.0512. The summed E-state index contributed by atoms with van der Waals surface area (Å²) in [6.45, 7) is 9.29. The van der Waals surface area contributed by atoms with Gasteiger partial charge < -0.3 is 15.2 Å². The van der Waals surface area contributed by atoms with Gasteiger partial charge >= 0.3 is 0 Å². The average molecular weight is 185 g/mol. The van der Waals surface area contributed by atoms with Gasteiger partial charge in [0, 0.05) is 0 Å². The van der Waals surface area contributed by atoms with Crippen LogP contribution >= 0.6 is 0 Å². The van der Waals surface area contributed by atoms with Crippen molar-refractivity contribution in [2.45, 2.75) is 32.2 Å². The topological polar surface area (TPSA) is 44.8 Å². The second-order valence-corrected chi connectivity index (χ2v) is 4.00. The Bertz CT molecular complexity index is 182. The smallest absolute Gasteiger partial charge is 0.206 e. The van der Waals surface area contributed by atoms with E-state index < -0.39 is 5.79 Å². The molecule has 0 aromatic carbocycles. The van der Waals surface area contributed by atoms with Gasteiger partial charge in [0.2, 0.25) is 5.79 Å². The molecule has 76 valence electrons. The van der Waals surface area contributed by atoms with Crippen molar-refractivity contribution in [2.75, 3.05) is 13.1 Å². The second kappa shape index (κ2) is 4.22. The Hall–Kier alpha value is -0.380. The van der Waals surface area contributed by atoms with E-state index in [9.17, 15) is 5.11 Å². The molecule has 0 radical (unpaired) electrons. The Balaban J connectivity index is 2.12. The highest BCUT2D eigenvalue weighted by Gasteiger charge is 2.53. The molecule has 1 fully saturated rings. The first kappa shape index (κ1) is 10.7. The van der Waals surface area contributed by atoms with Gasteiger partial charge in [-0.05, 0) is 18.9 Å². The summed E-state index contributed by atoms with van der Waals surface area (Å²) in [5, 5.41) is 12.9. The summed E-state index contributed by atoms with van der Waals surface area (Å²) >= 11 is 0. The third-order valence-corrected chi connectivity index (χ3v) is 2.10. The molecule has 1 aliphatic rings. The molecule has 0 aromatic rings. The van der Waals surface area contributed by atoms with Crippen molar-refractivity contribution in [3.05, 3.63) is 12.7 Å². The minimum Gasteiger partial charge on any atom is -0.362 e. The van der Waals surface area contributed by atoms with Crippen molar-refractivity contribution >= 4 is 0 Å². The first-order chi connectivity index (χ1) is 6.08. The van der Waals surface area contributed by atoms with E-state index in [1.807, 2.05) is 0 Å². The number of hydrogen-bond acceptors (Lipinski definition) is 3. The SMILES string of the molecule is C=CC[C@H]1O[C@]1(O)CNCC(C)C. The van der Waals surface area contributed by atoms with Crippen LogP contribution in [-0.4, -0.2) is 30.1 Å². The third kappa shape index (κ3) is 3.10. The Kier molecular flexibility index (Phi) is 3.47. The zero-order valence-corrected chi connectivity index (χ0v) is 8.42. The fraction of sp³-hybridized carbons (Fsp3) is 0.800. The molecule has 3 heteroatoms. The third-order valence-electron chi connectivity index (χ3n) is 2.10. The normalized spacial score (nSPS) is 32.2. The van der Waals surface area contributed by atoms with Gasteiger partial charge in [0.25, 0.3) is 0 Å². The molecule has 1 saturated heterocycles. The molecular weight excluding hydrogens is 166 g/mol. The lowest BCUT2D eigenvalue weighted by atomic mass is 10.2. The van der Waals surface area contributed by atoms with E-state index in [2.05, 4.69) is 25.7 Å². The van der Waals surface area contributed by atoms with Crippen molar-refractivity contribution in [1.29, 1.82) is 0 Å². The van der Waals surface area contributed by atoms with Crippen molar-refractivity contribution in [2.24, 2.45) is 5.92 Å². The molecule has 0 saturated carbocycles. The predicted octanol–water partition coefficient (Wildman–Crippen LogP) is 0.895. The molecule has 0 amide bonds. The summed E-state index contributed by atoms with van der Waals surface area (Å²) in [5.74, 6) is -0.330. The average Bonchev–Trinajstić information content (AvgIpc) is 2.62. The van der Waals surface area contributed by atoms with E-state index in [1.54, 1.807) is 6.08 Å². The highest BCUT2D eigenvalue weighted by Crippen LogP contribution is 2.35. The maximum atomic E-state index is 9.70. The van der Waals surface area contributed by atoms with Crippen molar-refractivity contribution < 1.29 is 9.84 Å². The molecule has 1 aliphatic heterocycles. The van der Waals surface area contributed by atoms with Crippen LogP contribution in [-0.2, 0) is 4.74 Å². The standard InChI is InChI=1S/C10H19NO2/c1-4-5-9-10(12,13-9)7-11-6-8(2)3/h4,8-9,11-12H,1,5-7H2,2-3H3/t9-,10-/m1/s1. The van der Waals surface area contributed by atoms with Crippen LogP contribution in [0.3, 0.4) is 0 Å². The molecule has 13 heavy (non-hydrogen) atoms. The summed E-state index contributed by atoms with van der Waals surface area (Å²) in [6, 6.07) is 0. The van der Waals surface area contributed by atoms with Gasteiger partial charge in [-0.2, -0.15) is 0 Å². The molecular formula is C10H19NO2. The van der Waals surface area contributed by atoms with Crippen LogP contribution in [0.15, 0.2) is 12.7 Å². The molecule has 0 aromatic heterocycles. The van der Waals surface area contributed by atoms with E-state index in [1.165, 1.54) is 0 Å². The summed E-state index contributed by atoms with van der Waals surface area (Å²) < 4.78 is 5.15. The van der Waals surface area contributed by atoms with E-state index >= 15 is 0 Å². The monoisotopic (exact) mass is 185 g/mol. The highest BCUT2D eigenvalue weighted by molar-refractivity contribution is 4.98. The van der Waals surface area contributed by atoms with Crippen LogP contribution in [0.5, 0.6) is 0 Å². The molecule has 1 rings (SSSR count). The minimum atomic E-state index is -0.928. The number of epoxide rings is 1. The maximum Gasteiger partial charge on any atom is 0.206 e. The summed E-state index contributed by atoms with van der Waals surface area (Å²) in [7, 11) is 0. The van der Waals surface area contributed by atoms with Gasteiger partial charge in [-0.25, -0.2) is 0 Å². The second-order valence-electron chi connectivity index (χ2n) is 4.00. The number of aliphatic hydroxyl groups is 1. The van der Waals surface area contributed by atoms with Crippen molar-refractivity contribution in [3.63, 3.8) is 0 Å². The highest BCUT2D eigenvalue weighted by atomic mass is 16.7. The Morgan fingerprint density at radius 2 is 2.38 bits per heavy atom. The van der Waals surface area contributed by atoms with Gasteiger partial charge in [-0.1, -0.05) is 19.9 Å². The van der Waals surface area contributed by atoms with E-state index in [4.69, 9.17) is 4.74 Å². The Morgan fingerprint density at radius 1 is 1.69 bits per heavy atom. The lowest BCUT2D eigenvalue weighted by Gasteiger charge is -2.09. The van der Waals surface area contributed by atoms with Crippen LogP contribution in [0.2, 0.25) is 0 Å². The Morgan fingerprint density at radius 3 is 2.92 bits per heavy atom. The fourth-order valence-electron chi connectivity index (χ4n) is 1.29. The number of hydrogen-bond donors (Lipinski definition) is 2. The summed E-state index contributed by atoms with van der Waals surface area (Å²) in [4.78, 5) is 0. The van der Waals surface area contributed by atoms with E-state index in [0.717, 1.165) is 13.0 Å². The molecule has 1 heterocycles. The predicted molar refractivity (Wildman–Crippen MR) is 52.3 cm³/mol. The lowest BCUT2D eigenvalue weighted by molar-refractivity contribution is 0.0365. The molecule has 2 atom stereocenters. The van der Waals surface area contributed by atoms with Crippen LogP contribution in [0.25, 0.3) is 0 Å². The quantitative estimate of drug-likeness (QED) is 0.477. The fourth-order valence-corrected chi connectivity index (χ4v) is 1.29. The van der Waals surface area contributed by atoms with Crippen molar-refractivity contribution in [3.8, 4) is 0 Å². The Labute approximate surface area is 79.8 Å². The number of rotatable bonds is 6. The van der Waals surface area contributed by atoms with Crippen LogP contribution in [0, 0.1) is 5.92 Å². The maximum absolute atomic E-state index is 9.70.